The fraction of sp³-hybridized carbons (Fsp3) is 0.304. The van der Waals surface area contributed by atoms with Crippen molar-refractivity contribution in [2.75, 3.05) is 39.4 Å². The molecule has 170 valence electrons. The number of rotatable bonds is 10. The van der Waals surface area contributed by atoms with Crippen LogP contribution in [0.15, 0.2) is 36.4 Å². The molecular formula is C23H26N2O7. The van der Waals surface area contributed by atoms with Crippen molar-refractivity contribution in [3.8, 4) is 23.0 Å². The van der Waals surface area contributed by atoms with E-state index in [1.165, 1.54) is 7.11 Å². The van der Waals surface area contributed by atoms with E-state index in [9.17, 15) is 9.59 Å². The third kappa shape index (κ3) is 5.23. The monoisotopic (exact) mass is 442 g/mol. The first-order chi connectivity index (χ1) is 15.5. The number of anilines is 1. The van der Waals surface area contributed by atoms with E-state index >= 15 is 0 Å². The van der Waals surface area contributed by atoms with Crippen LogP contribution in [0.5, 0.6) is 23.0 Å². The van der Waals surface area contributed by atoms with Crippen molar-refractivity contribution in [2.24, 2.45) is 0 Å². The lowest BCUT2D eigenvalue weighted by Crippen LogP contribution is -2.21. The number of benzene rings is 2. The summed E-state index contributed by atoms with van der Waals surface area (Å²) in [5, 5.41) is 3.40. The van der Waals surface area contributed by atoms with E-state index in [-0.39, 0.29) is 5.69 Å². The number of carbonyl (C=O) groups excluding carboxylic acids is 2. The van der Waals surface area contributed by atoms with Gasteiger partial charge in [0.2, 0.25) is 0 Å². The van der Waals surface area contributed by atoms with Crippen LogP contribution >= 0.6 is 0 Å². The van der Waals surface area contributed by atoms with Crippen LogP contribution in [0.2, 0.25) is 0 Å². The third-order valence-electron chi connectivity index (χ3n) is 4.50. The fourth-order valence-electron chi connectivity index (χ4n) is 3.11. The number of hydrogen-bond donors (Lipinski definition) is 2. The topological polar surface area (TPSA) is 108 Å². The molecule has 2 aromatic carbocycles. The van der Waals surface area contributed by atoms with E-state index in [1.807, 2.05) is 13.8 Å². The summed E-state index contributed by atoms with van der Waals surface area (Å²) in [5.74, 6) is 1.07. The number of amides is 1. The van der Waals surface area contributed by atoms with E-state index in [4.69, 9.17) is 23.7 Å². The molecule has 9 nitrogen and oxygen atoms in total. The summed E-state index contributed by atoms with van der Waals surface area (Å²) >= 11 is 0. The second-order valence-electron chi connectivity index (χ2n) is 6.63. The first-order valence-electron chi connectivity index (χ1n) is 10.1. The molecule has 0 saturated heterocycles. The van der Waals surface area contributed by atoms with Crippen LogP contribution in [0.25, 0.3) is 10.9 Å². The Morgan fingerprint density at radius 3 is 2.34 bits per heavy atom. The number of aromatic nitrogens is 1. The molecule has 0 fully saturated rings. The summed E-state index contributed by atoms with van der Waals surface area (Å²) in [7, 11) is 3.07. The Bertz CT molecular complexity index is 1110. The standard InChI is InChI=1S/C23H26N2O7/c1-5-30-18-8-7-15(11-19(18)31-6-2)24-21(26)13-32-23(27)17-10-14-9-16(28-3)12-20(29-4)22(14)25-17/h7-12,25H,5-6,13H2,1-4H3,(H,24,26). The zero-order valence-corrected chi connectivity index (χ0v) is 18.4. The summed E-state index contributed by atoms with van der Waals surface area (Å²) in [6.45, 7) is 4.23. The molecule has 0 aliphatic rings. The molecule has 0 saturated carbocycles. The number of aromatic amines is 1. The van der Waals surface area contributed by atoms with E-state index in [1.54, 1.807) is 43.5 Å². The molecule has 32 heavy (non-hydrogen) atoms. The fourth-order valence-corrected chi connectivity index (χ4v) is 3.11. The first-order valence-corrected chi connectivity index (χ1v) is 10.1. The van der Waals surface area contributed by atoms with Gasteiger partial charge in [-0.3, -0.25) is 4.79 Å². The summed E-state index contributed by atoms with van der Waals surface area (Å²) in [4.78, 5) is 27.7. The Labute approximate surface area is 185 Å². The highest BCUT2D eigenvalue weighted by Crippen LogP contribution is 2.32. The second-order valence-corrected chi connectivity index (χ2v) is 6.63. The largest absolute Gasteiger partial charge is 0.497 e. The molecule has 0 unspecified atom stereocenters. The van der Waals surface area contributed by atoms with Crippen LogP contribution in [0.4, 0.5) is 5.69 Å². The summed E-state index contributed by atoms with van der Waals surface area (Å²) < 4.78 is 26.8. The maximum absolute atomic E-state index is 12.4. The van der Waals surface area contributed by atoms with Gasteiger partial charge < -0.3 is 34.0 Å². The average molecular weight is 442 g/mol. The van der Waals surface area contributed by atoms with Gasteiger partial charge in [0.25, 0.3) is 5.91 Å². The van der Waals surface area contributed by atoms with E-state index in [0.29, 0.717) is 47.4 Å². The minimum Gasteiger partial charge on any atom is -0.497 e. The van der Waals surface area contributed by atoms with E-state index in [2.05, 4.69) is 10.3 Å². The molecule has 2 N–H and O–H groups in total. The summed E-state index contributed by atoms with van der Waals surface area (Å²) in [6, 6.07) is 10.1. The molecule has 3 aromatic rings. The van der Waals surface area contributed by atoms with Gasteiger partial charge in [-0.25, -0.2) is 4.79 Å². The number of H-pyrrole nitrogens is 1. The third-order valence-corrected chi connectivity index (χ3v) is 4.50. The van der Waals surface area contributed by atoms with Crippen molar-refractivity contribution >= 4 is 28.5 Å². The molecule has 1 aromatic heterocycles. The minimum atomic E-state index is -0.668. The highest BCUT2D eigenvalue weighted by atomic mass is 16.5. The van der Waals surface area contributed by atoms with Crippen LogP contribution in [0.3, 0.4) is 0 Å². The quantitative estimate of drug-likeness (QED) is 0.460. The molecule has 0 aliphatic carbocycles. The number of ether oxygens (including phenoxy) is 5. The lowest BCUT2D eigenvalue weighted by atomic mass is 10.2. The van der Waals surface area contributed by atoms with Gasteiger partial charge in [0.1, 0.15) is 17.2 Å². The predicted octanol–water partition coefficient (Wildman–Crippen LogP) is 3.78. The van der Waals surface area contributed by atoms with Crippen molar-refractivity contribution < 1.29 is 33.3 Å². The molecule has 3 rings (SSSR count). The maximum Gasteiger partial charge on any atom is 0.355 e. The maximum atomic E-state index is 12.4. The molecule has 0 spiro atoms. The molecule has 0 radical (unpaired) electrons. The van der Waals surface area contributed by atoms with Gasteiger partial charge in [-0.05, 0) is 38.1 Å². The van der Waals surface area contributed by atoms with Gasteiger partial charge in [0, 0.05) is 23.2 Å². The van der Waals surface area contributed by atoms with Crippen molar-refractivity contribution in [1.82, 2.24) is 4.98 Å². The Hall–Kier alpha value is -3.88. The van der Waals surface area contributed by atoms with Gasteiger partial charge in [0.15, 0.2) is 18.1 Å². The molecule has 0 aliphatic heterocycles. The number of esters is 1. The van der Waals surface area contributed by atoms with E-state index < -0.39 is 18.5 Å². The zero-order valence-electron chi connectivity index (χ0n) is 18.4. The number of nitrogens with one attached hydrogen (secondary N) is 2. The first kappa shape index (κ1) is 22.8. The lowest BCUT2D eigenvalue weighted by molar-refractivity contribution is -0.119. The minimum absolute atomic E-state index is 0.194. The van der Waals surface area contributed by atoms with Crippen LogP contribution in [0.1, 0.15) is 24.3 Å². The Balaban J connectivity index is 1.65. The molecule has 9 heteroatoms. The molecular weight excluding hydrogens is 416 g/mol. The lowest BCUT2D eigenvalue weighted by Gasteiger charge is -2.13. The van der Waals surface area contributed by atoms with Crippen LogP contribution in [-0.2, 0) is 9.53 Å². The predicted molar refractivity (Wildman–Crippen MR) is 119 cm³/mol. The highest BCUT2D eigenvalue weighted by Gasteiger charge is 2.16. The molecule has 0 atom stereocenters. The van der Waals surface area contributed by atoms with Gasteiger partial charge >= 0.3 is 5.97 Å². The molecule has 0 bridgehead atoms. The van der Waals surface area contributed by atoms with E-state index in [0.717, 1.165) is 5.39 Å². The second kappa shape index (κ2) is 10.4. The van der Waals surface area contributed by atoms with Crippen molar-refractivity contribution in [2.45, 2.75) is 13.8 Å². The average Bonchev–Trinajstić information content (AvgIpc) is 3.23. The SMILES string of the molecule is CCOc1ccc(NC(=O)COC(=O)c2cc3cc(OC)cc(OC)c3[nH]2)cc1OCC. The smallest absolute Gasteiger partial charge is 0.355 e. The Kier molecular flexibility index (Phi) is 7.43. The van der Waals surface area contributed by atoms with Gasteiger partial charge in [-0.2, -0.15) is 0 Å². The van der Waals surface area contributed by atoms with Gasteiger partial charge in [-0.1, -0.05) is 0 Å². The zero-order chi connectivity index (χ0) is 23.1. The van der Waals surface area contributed by atoms with Crippen molar-refractivity contribution in [3.63, 3.8) is 0 Å². The van der Waals surface area contributed by atoms with Crippen LogP contribution in [-0.4, -0.2) is 50.9 Å². The molecule has 1 amide bonds. The summed E-state index contributed by atoms with van der Waals surface area (Å²) in [6.07, 6.45) is 0. The number of fused-ring (bicyclic) bond motifs is 1. The Morgan fingerprint density at radius 1 is 0.906 bits per heavy atom. The highest BCUT2D eigenvalue weighted by molar-refractivity contribution is 5.99. The van der Waals surface area contributed by atoms with Gasteiger partial charge in [-0.15, -0.1) is 0 Å². The van der Waals surface area contributed by atoms with Crippen LogP contribution < -0.4 is 24.3 Å². The van der Waals surface area contributed by atoms with Gasteiger partial charge in [0.05, 0.1) is 33.0 Å². The number of methoxy groups -OCH3 is 2. The summed E-state index contributed by atoms with van der Waals surface area (Å²) in [5.41, 5.74) is 1.32. The van der Waals surface area contributed by atoms with Crippen molar-refractivity contribution in [1.29, 1.82) is 0 Å². The van der Waals surface area contributed by atoms with Crippen LogP contribution in [0, 0.1) is 0 Å². The Morgan fingerprint density at radius 2 is 1.66 bits per heavy atom. The number of hydrogen-bond acceptors (Lipinski definition) is 7. The number of carbonyl (C=O) groups is 2. The molecule has 1 heterocycles. The normalized spacial score (nSPS) is 10.5. The van der Waals surface area contributed by atoms with Crippen molar-refractivity contribution in [3.05, 3.63) is 42.1 Å².